The van der Waals surface area contributed by atoms with E-state index in [0.29, 0.717) is 11.8 Å². The lowest BCUT2D eigenvalue weighted by atomic mass is 9.91. The van der Waals surface area contributed by atoms with E-state index in [0.717, 1.165) is 45.3 Å². The van der Waals surface area contributed by atoms with Gasteiger partial charge in [0.1, 0.15) is 11.9 Å². The quantitative estimate of drug-likeness (QED) is 0.667. The molecule has 1 N–H and O–H groups in total. The summed E-state index contributed by atoms with van der Waals surface area (Å²) in [7, 11) is 0. The van der Waals surface area contributed by atoms with Gasteiger partial charge in [0.15, 0.2) is 0 Å². The molecule has 0 aliphatic carbocycles. The van der Waals surface area contributed by atoms with E-state index in [1.807, 2.05) is 4.90 Å². The fourth-order valence-corrected chi connectivity index (χ4v) is 3.65. The molecule has 0 aromatic heterocycles. The van der Waals surface area contributed by atoms with Gasteiger partial charge >= 0.3 is 0 Å². The SMILES string of the molecule is C[C@H]1C[C@@H](C(=O)N2CCC(Oc3ccc([N+](=O)[O-])cc3)CC2)CCN1. The van der Waals surface area contributed by atoms with Crippen molar-refractivity contribution < 1.29 is 14.5 Å². The van der Waals surface area contributed by atoms with Gasteiger partial charge in [-0.3, -0.25) is 14.9 Å². The first kappa shape index (κ1) is 17.7. The first-order chi connectivity index (χ1) is 12.0. The molecule has 0 spiro atoms. The van der Waals surface area contributed by atoms with Gasteiger partial charge in [-0.25, -0.2) is 0 Å². The summed E-state index contributed by atoms with van der Waals surface area (Å²) in [6.45, 7) is 4.48. The van der Waals surface area contributed by atoms with Gasteiger partial charge in [-0.15, -0.1) is 0 Å². The fraction of sp³-hybridized carbons (Fsp3) is 0.611. The number of carbonyl (C=O) groups excluding carboxylic acids is 1. The molecule has 2 aliphatic heterocycles. The Labute approximate surface area is 147 Å². The minimum atomic E-state index is -0.421. The van der Waals surface area contributed by atoms with Crippen molar-refractivity contribution in [1.29, 1.82) is 0 Å². The summed E-state index contributed by atoms with van der Waals surface area (Å²) >= 11 is 0. The standard InChI is InChI=1S/C18H25N3O4/c1-13-12-14(6-9-19-13)18(22)20-10-7-17(8-11-20)25-16-4-2-15(3-5-16)21(23)24/h2-5,13-14,17,19H,6-12H2,1H3/t13-,14-/m0/s1. The molecule has 0 unspecified atom stereocenters. The van der Waals surface area contributed by atoms with E-state index in [1.54, 1.807) is 12.1 Å². The molecule has 3 rings (SSSR count). The summed E-state index contributed by atoms with van der Waals surface area (Å²) in [5.41, 5.74) is 0.0592. The summed E-state index contributed by atoms with van der Waals surface area (Å²) in [5, 5.41) is 14.1. The molecule has 2 heterocycles. The van der Waals surface area contributed by atoms with Crippen LogP contribution in [0.3, 0.4) is 0 Å². The highest BCUT2D eigenvalue weighted by molar-refractivity contribution is 5.79. The van der Waals surface area contributed by atoms with Crippen LogP contribution in [-0.4, -0.2) is 47.5 Å². The zero-order chi connectivity index (χ0) is 17.8. The van der Waals surface area contributed by atoms with E-state index < -0.39 is 4.92 Å². The van der Waals surface area contributed by atoms with Crippen LogP contribution >= 0.6 is 0 Å². The maximum absolute atomic E-state index is 12.7. The molecule has 2 saturated heterocycles. The number of hydrogen-bond donors (Lipinski definition) is 1. The van der Waals surface area contributed by atoms with Crippen molar-refractivity contribution in [2.24, 2.45) is 5.92 Å². The topological polar surface area (TPSA) is 84.7 Å². The number of ether oxygens (including phenoxy) is 1. The second-order valence-electron chi connectivity index (χ2n) is 6.97. The monoisotopic (exact) mass is 347 g/mol. The summed E-state index contributed by atoms with van der Waals surface area (Å²) in [4.78, 5) is 24.9. The van der Waals surface area contributed by atoms with E-state index in [-0.39, 0.29) is 23.6 Å². The number of non-ortho nitro benzene ring substituents is 1. The molecule has 1 aromatic carbocycles. The summed E-state index contributed by atoms with van der Waals surface area (Å²) < 4.78 is 5.91. The summed E-state index contributed by atoms with van der Waals surface area (Å²) in [6.07, 6.45) is 3.48. The van der Waals surface area contributed by atoms with Crippen LogP contribution in [0.15, 0.2) is 24.3 Å². The largest absolute Gasteiger partial charge is 0.490 e. The van der Waals surface area contributed by atoms with Gasteiger partial charge in [-0.05, 0) is 38.4 Å². The minimum Gasteiger partial charge on any atom is -0.490 e. The lowest BCUT2D eigenvalue weighted by Crippen LogP contribution is -2.47. The Morgan fingerprint density at radius 2 is 1.92 bits per heavy atom. The van der Waals surface area contributed by atoms with Gasteiger partial charge in [0, 0.05) is 50.0 Å². The Morgan fingerprint density at radius 1 is 1.24 bits per heavy atom. The minimum absolute atomic E-state index is 0.0532. The predicted octanol–water partition coefficient (Wildman–Crippen LogP) is 2.35. The number of nitro groups is 1. The molecule has 0 bridgehead atoms. The number of piperidine rings is 2. The highest BCUT2D eigenvalue weighted by atomic mass is 16.6. The predicted molar refractivity (Wildman–Crippen MR) is 93.5 cm³/mol. The van der Waals surface area contributed by atoms with Crippen LogP contribution in [0.2, 0.25) is 0 Å². The third kappa shape index (κ3) is 4.48. The molecule has 0 saturated carbocycles. The van der Waals surface area contributed by atoms with Crippen molar-refractivity contribution in [3.05, 3.63) is 34.4 Å². The smallest absolute Gasteiger partial charge is 0.269 e. The molecule has 2 aliphatic rings. The number of amides is 1. The van der Waals surface area contributed by atoms with Crippen LogP contribution in [0, 0.1) is 16.0 Å². The second kappa shape index (κ2) is 7.82. The van der Waals surface area contributed by atoms with Gasteiger partial charge in [-0.2, -0.15) is 0 Å². The van der Waals surface area contributed by atoms with E-state index >= 15 is 0 Å². The Hall–Kier alpha value is -2.15. The van der Waals surface area contributed by atoms with Crippen LogP contribution in [0.25, 0.3) is 0 Å². The number of hydrogen-bond acceptors (Lipinski definition) is 5. The zero-order valence-electron chi connectivity index (χ0n) is 14.5. The van der Waals surface area contributed by atoms with Crippen molar-refractivity contribution >= 4 is 11.6 Å². The zero-order valence-corrected chi connectivity index (χ0v) is 14.5. The lowest BCUT2D eigenvalue weighted by molar-refractivity contribution is -0.384. The summed E-state index contributed by atoms with van der Waals surface area (Å²) in [5.74, 6) is 1.06. The molecule has 136 valence electrons. The summed E-state index contributed by atoms with van der Waals surface area (Å²) in [6, 6.07) is 6.57. The van der Waals surface area contributed by atoms with Gasteiger partial charge in [0.2, 0.25) is 5.91 Å². The molecule has 7 heteroatoms. The third-order valence-electron chi connectivity index (χ3n) is 5.08. The molecular formula is C18H25N3O4. The van der Waals surface area contributed by atoms with Crippen LogP contribution < -0.4 is 10.1 Å². The van der Waals surface area contributed by atoms with Crippen molar-refractivity contribution in [2.45, 2.75) is 44.8 Å². The average Bonchev–Trinajstić information content (AvgIpc) is 2.62. The van der Waals surface area contributed by atoms with Gasteiger partial charge in [-0.1, -0.05) is 0 Å². The van der Waals surface area contributed by atoms with E-state index in [1.165, 1.54) is 12.1 Å². The fourth-order valence-electron chi connectivity index (χ4n) is 3.65. The Bertz CT molecular complexity index is 611. The number of carbonyl (C=O) groups is 1. The lowest BCUT2D eigenvalue weighted by Gasteiger charge is -2.36. The highest BCUT2D eigenvalue weighted by Gasteiger charge is 2.31. The first-order valence-corrected chi connectivity index (χ1v) is 8.96. The number of nitrogens with one attached hydrogen (secondary N) is 1. The first-order valence-electron chi connectivity index (χ1n) is 8.96. The second-order valence-corrected chi connectivity index (χ2v) is 6.97. The Morgan fingerprint density at radius 3 is 2.52 bits per heavy atom. The number of likely N-dealkylation sites (tertiary alicyclic amines) is 1. The Balaban J connectivity index is 1.48. The molecule has 2 fully saturated rings. The Kier molecular flexibility index (Phi) is 5.53. The van der Waals surface area contributed by atoms with Crippen LogP contribution in [0.5, 0.6) is 5.75 Å². The van der Waals surface area contributed by atoms with Crippen LogP contribution in [-0.2, 0) is 4.79 Å². The van der Waals surface area contributed by atoms with Crippen LogP contribution in [0.1, 0.15) is 32.6 Å². The van der Waals surface area contributed by atoms with Crippen molar-refractivity contribution in [2.75, 3.05) is 19.6 Å². The highest BCUT2D eigenvalue weighted by Crippen LogP contribution is 2.24. The number of benzene rings is 1. The molecule has 0 radical (unpaired) electrons. The van der Waals surface area contributed by atoms with Crippen molar-refractivity contribution in [3.8, 4) is 5.75 Å². The molecule has 7 nitrogen and oxygen atoms in total. The van der Waals surface area contributed by atoms with E-state index in [4.69, 9.17) is 4.74 Å². The normalized spacial score (nSPS) is 24.8. The van der Waals surface area contributed by atoms with Gasteiger partial charge in [0.05, 0.1) is 4.92 Å². The maximum Gasteiger partial charge on any atom is 0.269 e. The molecular weight excluding hydrogens is 322 g/mol. The molecule has 1 aromatic rings. The van der Waals surface area contributed by atoms with Gasteiger partial charge in [0.25, 0.3) is 5.69 Å². The van der Waals surface area contributed by atoms with Crippen molar-refractivity contribution in [3.63, 3.8) is 0 Å². The van der Waals surface area contributed by atoms with Crippen LogP contribution in [0.4, 0.5) is 5.69 Å². The average molecular weight is 347 g/mol. The molecule has 1 amide bonds. The number of nitro benzene ring substituents is 1. The maximum atomic E-state index is 12.7. The van der Waals surface area contributed by atoms with E-state index in [9.17, 15) is 14.9 Å². The third-order valence-corrected chi connectivity index (χ3v) is 5.08. The number of rotatable bonds is 4. The molecule has 25 heavy (non-hydrogen) atoms. The van der Waals surface area contributed by atoms with Crippen molar-refractivity contribution in [1.82, 2.24) is 10.2 Å². The van der Waals surface area contributed by atoms with Gasteiger partial charge < -0.3 is 15.0 Å². The van der Waals surface area contributed by atoms with E-state index in [2.05, 4.69) is 12.2 Å². The number of nitrogens with zero attached hydrogens (tertiary/aromatic N) is 2. The molecule has 2 atom stereocenters.